The molecule has 4 rings (SSSR count). The van der Waals surface area contributed by atoms with Crippen molar-refractivity contribution in [2.24, 2.45) is 16.5 Å². The monoisotopic (exact) mass is 392 g/mol. The minimum Gasteiger partial charge on any atom is -0.368 e. The molecular formula is C19H28N4O3S. The lowest BCUT2D eigenvalue weighted by Crippen LogP contribution is -2.55. The van der Waals surface area contributed by atoms with Gasteiger partial charge in [0.05, 0.1) is 4.90 Å². The molecule has 1 aromatic carbocycles. The largest absolute Gasteiger partial charge is 0.368 e. The smallest absolute Gasteiger partial charge is 0.238 e. The molecule has 0 unspecified atom stereocenters. The molecule has 2 aliphatic heterocycles. The Morgan fingerprint density at radius 2 is 1.63 bits per heavy atom. The average molecular weight is 393 g/mol. The summed E-state index contributed by atoms with van der Waals surface area (Å²) in [6.45, 7) is 5.15. The van der Waals surface area contributed by atoms with Crippen LogP contribution < -0.4 is 15.4 Å². The molecule has 1 aliphatic carbocycles. The average Bonchev–Trinajstić information content (AvgIpc) is 2.66. The van der Waals surface area contributed by atoms with Crippen LogP contribution in [0.25, 0.3) is 0 Å². The second-order valence-electron chi connectivity index (χ2n) is 8.21. The molecule has 27 heavy (non-hydrogen) atoms. The van der Waals surface area contributed by atoms with E-state index in [9.17, 15) is 13.2 Å². The minimum atomic E-state index is -3.66. The zero-order valence-electron chi connectivity index (χ0n) is 15.6. The van der Waals surface area contributed by atoms with Crippen LogP contribution in [0.4, 0.5) is 5.69 Å². The number of primary sulfonamides is 1. The van der Waals surface area contributed by atoms with Gasteiger partial charge in [-0.1, -0.05) is 0 Å². The van der Waals surface area contributed by atoms with E-state index >= 15 is 0 Å². The number of sulfonamides is 1. The van der Waals surface area contributed by atoms with Gasteiger partial charge in [0.15, 0.2) is 0 Å². The molecule has 1 saturated carbocycles. The summed E-state index contributed by atoms with van der Waals surface area (Å²) < 4.78 is 22.7. The van der Waals surface area contributed by atoms with Crippen molar-refractivity contribution in [3.8, 4) is 0 Å². The van der Waals surface area contributed by atoms with Crippen molar-refractivity contribution in [2.45, 2.75) is 30.6 Å². The van der Waals surface area contributed by atoms with E-state index in [-0.39, 0.29) is 10.8 Å². The normalized spacial score (nSPS) is 23.3. The summed E-state index contributed by atoms with van der Waals surface area (Å²) in [7, 11) is -3.66. The van der Waals surface area contributed by atoms with Gasteiger partial charge in [-0.3, -0.25) is 4.79 Å². The van der Waals surface area contributed by atoms with Gasteiger partial charge in [-0.15, -0.1) is 0 Å². The Balaban J connectivity index is 1.29. The number of amides is 1. The number of piperidine rings is 1. The second-order valence-corrected chi connectivity index (χ2v) is 9.77. The molecule has 0 radical (unpaired) electrons. The molecule has 0 aromatic heterocycles. The van der Waals surface area contributed by atoms with E-state index < -0.39 is 10.0 Å². The van der Waals surface area contributed by atoms with Crippen LogP contribution in [0.2, 0.25) is 0 Å². The Morgan fingerprint density at radius 3 is 2.19 bits per heavy atom. The molecular weight excluding hydrogens is 364 g/mol. The Hall–Kier alpha value is -1.64. The number of carbonyl (C=O) groups excluding carboxylic acids is 1. The molecule has 7 nitrogen and oxygen atoms in total. The zero-order chi connectivity index (χ0) is 19.1. The lowest BCUT2D eigenvalue weighted by atomic mass is 9.57. The molecule has 2 saturated heterocycles. The Labute approximate surface area is 160 Å². The van der Waals surface area contributed by atoms with Gasteiger partial charge < -0.3 is 15.1 Å². The van der Waals surface area contributed by atoms with E-state index in [1.807, 2.05) is 4.90 Å². The van der Waals surface area contributed by atoms with Crippen molar-refractivity contribution in [2.75, 3.05) is 44.2 Å². The highest BCUT2D eigenvalue weighted by Crippen LogP contribution is 2.52. The minimum absolute atomic E-state index is 0.122. The molecule has 1 aromatic rings. The standard InChI is InChI=1S/C19H28N4O3S/c20-27(25,26)17-3-1-16(2-4-17)22-9-11-23(12-10-22)18(24)15-13-19(14-15)5-7-21-8-6-19/h1-4,15,21H,5-14H2,(H2,20,25,26). The third kappa shape index (κ3) is 3.83. The quantitative estimate of drug-likeness (QED) is 0.792. The van der Waals surface area contributed by atoms with Gasteiger partial charge in [-0.2, -0.15) is 0 Å². The highest BCUT2D eigenvalue weighted by molar-refractivity contribution is 7.89. The summed E-state index contributed by atoms with van der Waals surface area (Å²) in [5.41, 5.74) is 1.39. The molecule has 1 spiro atoms. The highest BCUT2D eigenvalue weighted by Gasteiger charge is 2.48. The predicted molar refractivity (Wildman–Crippen MR) is 104 cm³/mol. The number of rotatable bonds is 3. The second kappa shape index (κ2) is 7.07. The lowest BCUT2D eigenvalue weighted by Gasteiger charge is -2.51. The highest BCUT2D eigenvalue weighted by atomic mass is 32.2. The molecule has 0 bridgehead atoms. The molecule has 148 valence electrons. The maximum Gasteiger partial charge on any atom is 0.238 e. The van der Waals surface area contributed by atoms with Crippen LogP contribution in [0.1, 0.15) is 25.7 Å². The van der Waals surface area contributed by atoms with Gasteiger partial charge in [-0.05, 0) is 68.5 Å². The summed E-state index contributed by atoms with van der Waals surface area (Å²) >= 11 is 0. The van der Waals surface area contributed by atoms with E-state index in [1.165, 1.54) is 25.0 Å². The van der Waals surface area contributed by atoms with Crippen LogP contribution >= 0.6 is 0 Å². The number of carbonyl (C=O) groups is 1. The number of nitrogens with two attached hydrogens (primary N) is 1. The zero-order valence-corrected chi connectivity index (χ0v) is 16.4. The molecule has 0 atom stereocenters. The van der Waals surface area contributed by atoms with E-state index in [4.69, 9.17) is 5.14 Å². The molecule has 3 fully saturated rings. The summed E-state index contributed by atoms with van der Waals surface area (Å²) in [6, 6.07) is 6.64. The third-order valence-electron chi connectivity index (χ3n) is 6.49. The first-order valence-corrected chi connectivity index (χ1v) is 11.3. The van der Waals surface area contributed by atoms with Crippen LogP contribution in [-0.2, 0) is 14.8 Å². The van der Waals surface area contributed by atoms with Gasteiger partial charge in [-0.25, -0.2) is 13.6 Å². The van der Waals surface area contributed by atoms with Crippen molar-refractivity contribution < 1.29 is 13.2 Å². The lowest BCUT2D eigenvalue weighted by molar-refractivity contribution is -0.145. The van der Waals surface area contributed by atoms with Crippen molar-refractivity contribution in [1.82, 2.24) is 10.2 Å². The first-order chi connectivity index (χ1) is 12.9. The van der Waals surface area contributed by atoms with Crippen molar-refractivity contribution in [3.05, 3.63) is 24.3 Å². The SMILES string of the molecule is NS(=O)(=O)c1ccc(N2CCN(C(=O)C3CC4(CCNCC4)C3)CC2)cc1. The van der Waals surface area contributed by atoms with Gasteiger partial charge in [0.25, 0.3) is 0 Å². The number of hydrogen-bond donors (Lipinski definition) is 2. The molecule has 1 amide bonds. The van der Waals surface area contributed by atoms with Crippen molar-refractivity contribution in [3.63, 3.8) is 0 Å². The van der Waals surface area contributed by atoms with Gasteiger partial charge in [0, 0.05) is 37.8 Å². The van der Waals surface area contributed by atoms with E-state index in [2.05, 4.69) is 10.2 Å². The number of hydrogen-bond acceptors (Lipinski definition) is 5. The fraction of sp³-hybridized carbons (Fsp3) is 0.632. The van der Waals surface area contributed by atoms with Crippen LogP contribution in [0.15, 0.2) is 29.2 Å². The Bertz CT molecular complexity index is 787. The van der Waals surface area contributed by atoms with Crippen LogP contribution in [0.3, 0.4) is 0 Å². The van der Waals surface area contributed by atoms with Gasteiger partial charge in [0.2, 0.25) is 15.9 Å². The topological polar surface area (TPSA) is 95.7 Å². The van der Waals surface area contributed by atoms with Gasteiger partial charge >= 0.3 is 0 Å². The van der Waals surface area contributed by atoms with E-state index in [1.54, 1.807) is 12.1 Å². The fourth-order valence-corrected chi connectivity index (χ4v) is 5.33. The third-order valence-corrected chi connectivity index (χ3v) is 7.42. The van der Waals surface area contributed by atoms with Crippen LogP contribution in [0, 0.1) is 11.3 Å². The molecule has 2 heterocycles. The Morgan fingerprint density at radius 1 is 1.04 bits per heavy atom. The maximum absolute atomic E-state index is 12.8. The summed E-state index contributed by atoms with van der Waals surface area (Å²) in [6.07, 6.45) is 4.53. The fourth-order valence-electron chi connectivity index (χ4n) is 4.82. The summed E-state index contributed by atoms with van der Waals surface area (Å²) in [5, 5.41) is 8.55. The number of nitrogens with one attached hydrogen (secondary N) is 1. The van der Waals surface area contributed by atoms with Crippen molar-refractivity contribution in [1.29, 1.82) is 0 Å². The maximum atomic E-state index is 12.8. The van der Waals surface area contributed by atoms with Crippen molar-refractivity contribution >= 4 is 21.6 Å². The first-order valence-electron chi connectivity index (χ1n) is 9.74. The van der Waals surface area contributed by atoms with Crippen LogP contribution in [0.5, 0.6) is 0 Å². The molecule has 3 N–H and O–H groups in total. The molecule has 8 heteroatoms. The number of benzene rings is 1. The van der Waals surface area contributed by atoms with E-state index in [0.717, 1.165) is 57.8 Å². The predicted octanol–water partition coefficient (Wildman–Crippen LogP) is 0.762. The first kappa shape index (κ1) is 18.7. The number of nitrogens with zero attached hydrogens (tertiary/aromatic N) is 2. The summed E-state index contributed by atoms with van der Waals surface area (Å²) in [4.78, 5) is 17.1. The molecule has 3 aliphatic rings. The Kier molecular flexibility index (Phi) is 4.90. The summed E-state index contributed by atoms with van der Waals surface area (Å²) in [5.74, 6) is 0.534. The number of anilines is 1. The van der Waals surface area contributed by atoms with E-state index in [0.29, 0.717) is 11.3 Å². The van der Waals surface area contributed by atoms with Crippen LogP contribution in [-0.4, -0.2) is 58.5 Å². The number of piperazine rings is 1. The van der Waals surface area contributed by atoms with Gasteiger partial charge in [0.1, 0.15) is 0 Å².